The molecule has 0 saturated heterocycles. The molecule has 3 nitrogen and oxygen atoms in total. The van der Waals surface area contributed by atoms with E-state index in [1.54, 1.807) is 14.2 Å². The molecule has 0 radical (unpaired) electrons. The molecule has 224 valence electrons. The van der Waals surface area contributed by atoms with E-state index < -0.39 is 0 Å². The Labute approximate surface area is 232 Å². The summed E-state index contributed by atoms with van der Waals surface area (Å²) < 4.78 is 4.25. The van der Waals surface area contributed by atoms with Crippen LogP contribution in [0.25, 0.3) is 0 Å². The number of ketones is 1. The van der Waals surface area contributed by atoms with Crippen molar-refractivity contribution in [1.29, 1.82) is 0 Å². The fourth-order valence-corrected chi connectivity index (χ4v) is 0.534. The summed E-state index contributed by atoms with van der Waals surface area (Å²) in [5, 5.41) is 2.75. The Balaban J connectivity index is -0.0000000419. The Morgan fingerprint density at radius 2 is 0.889 bits per heavy atom. The van der Waals surface area contributed by atoms with Gasteiger partial charge in [0.1, 0.15) is 5.78 Å². The SMILES string of the molecule is CC.CC(C)(C)C.CC(C)(C)C.CC(C)=O.CC(C)C.CCC.CNC.COC.Cc1ccccc1. The number of benzene rings is 1. The summed E-state index contributed by atoms with van der Waals surface area (Å²) in [6.45, 7) is 37.4. The van der Waals surface area contributed by atoms with Gasteiger partial charge in [0.25, 0.3) is 0 Å². The molecule has 0 atom stereocenters. The van der Waals surface area contributed by atoms with Crippen molar-refractivity contribution in [2.24, 2.45) is 16.7 Å². The average Bonchev–Trinajstić information content (AvgIpc) is 2.62. The number of ether oxygens (including phenoxy) is 1. The molecule has 0 spiro atoms. The molecule has 3 heteroatoms. The Hall–Kier alpha value is -1.19. The Bertz CT molecular complexity index is 392. The lowest BCUT2D eigenvalue weighted by Crippen LogP contribution is -1.93. The maximum atomic E-state index is 9.44. The van der Waals surface area contributed by atoms with Crippen LogP contribution < -0.4 is 5.32 Å². The number of aryl methyl sites for hydroxylation is 1. The first kappa shape index (κ1) is 55.4. The second kappa shape index (κ2) is 47.1. The first-order valence-corrected chi connectivity index (χ1v) is 13.6. The molecular formula is C33H75NO2. The van der Waals surface area contributed by atoms with Gasteiger partial charge in [0.05, 0.1) is 0 Å². The fourth-order valence-electron chi connectivity index (χ4n) is 0.534. The van der Waals surface area contributed by atoms with Crippen molar-refractivity contribution in [3.8, 4) is 0 Å². The summed E-state index contributed by atoms with van der Waals surface area (Å²) in [6.07, 6.45) is 1.25. The third-order valence-corrected chi connectivity index (χ3v) is 0.940. The van der Waals surface area contributed by atoms with Gasteiger partial charge < -0.3 is 14.8 Å². The Kier molecular flexibility index (Phi) is 72.4. The predicted octanol–water partition coefficient (Wildman–Crippen LogP) is 10.9. The van der Waals surface area contributed by atoms with E-state index in [0.29, 0.717) is 10.8 Å². The summed E-state index contributed by atoms with van der Waals surface area (Å²) in [7, 11) is 7.00. The largest absolute Gasteiger partial charge is 0.388 e. The van der Waals surface area contributed by atoms with Crippen molar-refractivity contribution < 1.29 is 9.53 Å². The van der Waals surface area contributed by atoms with Gasteiger partial charge >= 0.3 is 0 Å². The summed E-state index contributed by atoms with van der Waals surface area (Å²) >= 11 is 0. The van der Waals surface area contributed by atoms with Gasteiger partial charge in [-0.2, -0.15) is 0 Å². The minimum absolute atomic E-state index is 0.167. The lowest BCUT2D eigenvalue weighted by molar-refractivity contribution is -0.115. The zero-order valence-electron chi connectivity index (χ0n) is 29.5. The van der Waals surface area contributed by atoms with Crippen LogP contribution in [-0.2, 0) is 9.53 Å². The van der Waals surface area contributed by atoms with E-state index in [4.69, 9.17) is 0 Å². The second-order valence-corrected chi connectivity index (χ2v) is 11.9. The maximum Gasteiger partial charge on any atom is 0.126 e. The molecule has 1 aromatic rings. The molecule has 1 rings (SSSR count). The van der Waals surface area contributed by atoms with Crippen LogP contribution in [0.3, 0.4) is 0 Å². The van der Waals surface area contributed by atoms with Gasteiger partial charge in [-0.1, -0.05) is 146 Å². The third kappa shape index (κ3) is 716. The van der Waals surface area contributed by atoms with Gasteiger partial charge in [0, 0.05) is 14.2 Å². The van der Waals surface area contributed by atoms with Crippen LogP contribution >= 0.6 is 0 Å². The molecular weight excluding hydrogens is 442 g/mol. The van der Waals surface area contributed by atoms with Crippen LogP contribution in [0.1, 0.15) is 130 Å². The zero-order chi connectivity index (χ0) is 31.4. The van der Waals surface area contributed by atoms with Gasteiger partial charge in [-0.15, -0.1) is 0 Å². The molecule has 0 aliphatic rings. The lowest BCUT2D eigenvalue weighted by Gasteiger charge is -2.05. The number of nitrogens with one attached hydrogen (secondary N) is 1. The van der Waals surface area contributed by atoms with E-state index in [0.717, 1.165) is 5.92 Å². The van der Waals surface area contributed by atoms with Gasteiger partial charge in [0.2, 0.25) is 0 Å². The smallest absolute Gasteiger partial charge is 0.126 e. The molecule has 0 aromatic heterocycles. The standard InChI is InChI=1S/C7H8.2C5H12.C4H10.C3H6O.C3H8.C2H7N.C2H6O.C2H6/c1-7-5-3-2-4-6-7;2*1-5(2,3)4;1-4(2)3;1-3(2)4;3*1-3-2;1-2/h2-6H,1H3;2*1-4H3;4H,1-3H3;1-2H3;3H2,1-2H3;3H,1-2H3;1-2H3;1-2H3. The van der Waals surface area contributed by atoms with Crippen molar-refractivity contribution in [3.05, 3.63) is 35.9 Å². The van der Waals surface area contributed by atoms with E-state index in [1.165, 1.54) is 25.8 Å². The molecule has 0 aliphatic heterocycles. The quantitative estimate of drug-likeness (QED) is 0.372. The van der Waals surface area contributed by atoms with Crippen LogP contribution in [0.4, 0.5) is 0 Å². The molecule has 1 aromatic carbocycles. The highest BCUT2D eigenvalue weighted by Gasteiger charge is 1.96. The van der Waals surface area contributed by atoms with E-state index in [-0.39, 0.29) is 5.78 Å². The number of carbonyl (C=O) groups is 1. The van der Waals surface area contributed by atoms with E-state index in [9.17, 15) is 4.79 Å². The van der Waals surface area contributed by atoms with Crippen LogP contribution in [-0.4, -0.2) is 34.1 Å². The number of hydrogen-bond donors (Lipinski definition) is 1. The van der Waals surface area contributed by atoms with Crippen molar-refractivity contribution in [3.63, 3.8) is 0 Å². The highest BCUT2D eigenvalue weighted by molar-refractivity contribution is 5.72. The van der Waals surface area contributed by atoms with Gasteiger partial charge in [0.15, 0.2) is 0 Å². The van der Waals surface area contributed by atoms with Crippen molar-refractivity contribution in [2.75, 3.05) is 28.3 Å². The monoisotopic (exact) mass is 518 g/mol. The maximum absolute atomic E-state index is 9.44. The van der Waals surface area contributed by atoms with Crippen LogP contribution in [0.15, 0.2) is 30.3 Å². The molecule has 0 unspecified atom stereocenters. The number of rotatable bonds is 0. The molecule has 0 fully saturated rings. The first-order valence-electron chi connectivity index (χ1n) is 13.6. The molecule has 0 heterocycles. The fraction of sp³-hybridized carbons (Fsp3) is 0.788. The minimum atomic E-state index is 0.167. The topological polar surface area (TPSA) is 38.3 Å². The highest BCUT2D eigenvalue weighted by atomic mass is 16.4. The molecule has 36 heavy (non-hydrogen) atoms. The average molecular weight is 518 g/mol. The highest BCUT2D eigenvalue weighted by Crippen LogP contribution is 2.08. The minimum Gasteiger partial charge on any atom is -0.388 e. The van der Waals surface area contributed by atoms with Crippen LogP contribution in [0.2, 0.25) is 0 Å². The summed E-state index contributed by atoms with van der Waals surface area (Å²) in [5.41, 5.74) is 2.32. The number of methoxy groups -OCH3 is 1. The molecule has 1 N–H and O–H groups in total. The summed E-state index contributed by atoms with van der Waals surface area (Å²) in [5.74, 6) is 1.00. The van der Waals surface area contributed by atoms with E-state index in [2.05, 4.69) is 119 Å². The first-order chi connectivity index (χ1) is 16.1. The van der Waals surface area contributed by atoms with Gasteiger partial charge in [-0.3, -0.25) is 0 Å². The Morgan fingerprint density at radius 1 is 0.778 bits per heavy atom. The van der Waals surface area contributed by atoms with Crippen molar-refractivity contribution >= 4 is 5.78 Å². The third-order valence-electron chi connectivity index (χ3n) is 0.940. The molecule has 0 aliphatic carbocycles. The Morgan fingerprint density at radius 3 is 0.944 bits per heavy atom. The number of carbonyl (C=O) groups excluding carboxylic acids is 1. The molecule has 0 bridgehead atoms. The molecule has 0 amide bonds. The summed E-state index contributed by atoms with van der Waals surface area (Å²) in [4.78, 5) is 9.44. The number of Topliss-reactive ketones (excluding diaryl/α,β-unsaturated/α-hetero) is 1. The van der Waals surface area contributed by atoms with Crippen molar-refractivity contribution in [2.45, 2.75) is 131 Å². The van der Waals surface area contributed by atoms with E-state index >= 15 is 0 Å². The molecule has 0 saturated carbocycles. The summed E-state index contributed by atoms with van der Waals surface area (Å²) in [6, 6.07) is 10.3. The lowest BCUT2D eigenvalue weighted by atomic mass is 10.0. The second-order valence-electron chi connectivity index (χ2n) is 11.9. The van der Waals surface area contributed by atoms with Crippen molar-refractivity contribution in [1.82, 2.24) is 5.32 Å². The van der Waals surface area contributed by atoms with Gasteiger partial charge in [-0.25, -0.2) is 0 Å². The predicted molar refractivity (Wildman–Crippen MR) is 174 cm³/mol. The van der Waals surface area contributed by atoms with Crippen LogP contribution in [0, 0.1) is 23.7 Å². The normalized spacial score (nSPS) is 8.42. The van der Waals surface area contributed by atoms with Gasteiger partial charge in [-0.05, 0) is 51.6 Å². The zero-order valence-corrected chi connectivity index (χ0v) is 29.5. The van der Waals surface area contributed by atoms with Crippen LogP contribution in [0.5, 0.6) is 0 Å². The number of hydrogen-bond acceptors (Lipinski definition) is 3. The van der Waals surface area contributed by atoms with E-state index in [1.807, 2.05) is 46.1 Å².